The number of hydrogen-bond acceptors (Lipinski definition) is 1. The van der Waals surface area contributed by atoms with Crippen LogP contribution < -0.4 is 4.90 Å². The second kappa shape index (κ2) is 9.67. The number of benzene rings is 7. The Morgan fingerprint density at radius 2 is 1.00 bits per heavy atom. The lowest BCUT2D eigenvalue weighted by Crippen LogP contribution is -2.33. The monoisotopic (exact) mass is 663 g/mol. The van der Waals surface area contributed by atoms with Crippen molar-refractivity contribution < 1.29 is 0 Å². The fourth-order valence-corrected chi connectivity index (χ4v) is 9.57. The molecule has 1 aliphatic heterocycles. The molecule has 2 aliphatic carbocycles. The van der Waals surface area contributed by atoms with Gasteiger partial charge in [-0.3, -0.25) is 0 Å². The van der Waals surface area contributed by atoms with Crippen LogP contribution in [-0.2, 0) is 10.8 Å². The van der Waals surface area contributed by atoms with Crippen LogP contribution in [0.4, 0.5) is 17.1 Å². The van der Waals surface area contributed by atoms with Crippen molar-refractivity contribution >= 4 is 33.0 Å². The highest BCUT2D eigenvalue weighted by atomic mass is 79.9. The molecule has 10 rings (SSSR count). The first-order chi connectivity index (χ1) is 23.1. The second-order valence-electron chi connectivity index (χ2n) is 13.1. The zero-order chi connectivity index (χ0) is 31.3. The van der Waals surface area contributed by atoms with Gasteiger partial charge in [0.25, 0.3) is 0 Å². The third kappa shape index (κ3) is 3.38. The summed E-state index contributed by atoms with van der Waals surface area (Å²) in [5.41, 5.74) is 17.4. The molecule has 0 spiro atoms. The quantitative estimate of drug-likeness (QED) is 0.182. The number of para-hydroxylation sites is 1. The van der Waals surface area contributed by atoms with E-state index in [-0.39, 0.29) is 5.41 Å². The van der Waals surface area contributed by atoms with Crippen LogP contribution in [0, 0.1) is 0 Å². The highest BCUT2D eigenvalue weighted by Crippen LogP contribution is 2.65. The van der Waals surface area contributed by atoms with Crippen molar-refractivity contribution in [2.24, 2.45) is 0 Å². The number of rotatable bonds is 3. The van der Waals surface area contributed by atoms with Gasteiger partial charge in [-0.25, -0.2) is 0 Å². The van der Waals surface area contributed by atoms with Crippen LogP contribution in [-0.4, -0.2) is 0 Å². The van der Waals surface area contributed by atoms with Gasteiger partial charge in [0, 0.05) is 15.6 Å². The molecule has 2 heteroatoms. The molecular formula is C45H30BrN. The lowest BCUT2D eigenvalue weighted by atomic mass is 9.66. The Morgan fingerprint density at radius 1 is 0.447 bits per heavy atom. The molecule has 0 saturated carbocycles. The maximum atomic E-state index is 3.93. The lowest BCUT2D eigenvalue weighted by Gasteiger charge is -2.43. The number of halogens is 1. The maximum Gasteiger partial charge on any atom is 0.0714 e. The Kier molecular flexibility index (Phi) is 5.55. The van der Waals surface area contributed by atoms with Gasteiger partial charge in [0.15, 0.2) is 0 Å². The first kappa shape index (κ1) is 27.0. The predicted molar refractivity (Wildman–Crippen MR) is 197 cm³/mol. The molecule has 1 unspecified atom stereocenters. The first-order valence-corrected chi connectivity index (χ1v) is 17.1. The minimum atomic E-state index is -0.469. The number of fused-ring (bicyclic) bond motifs is 8. The van der Waals surface area contributed by atoms with Crippen LogP contribution in [0.15, 0.2) is 168 Å². The Bertz CT molecular complexity index is 2340. The number of anilines is 3. The van der Waals surface area contributed by atoms with E-state index in [2.05, 4.69) is 192 Å². The summed E-state index contributed by atoms with van der Waals surface area (Å²) in [4.78, 5) is 2.51. The fourth-order valence-electron chi connectivity index (χ4n) is 9.12. The molecule has 1 nitrogen and oxygen atoms in total. The van der Waals surface area contributed by atoms with Gasteiger partial charge in [0.2, 0.25) is 0 Å². The smallest absolute Gasteiger partial charge is 0.0714 e. The predicted octanol–water partition coefficient (Wildman–Crippen LogP) is 11.9. The Morgan fingerprint density at radius 3 is 1.66 bits per heavy atom. The van der Waals surface area contributed by atoms with Crippen molar-refractivity contribution in [3.63, 3.8) is 0 Å². The fraction of sp³-hybridized carbons (Fsp3) is 0.0667. The van der Waals surface area contributed by atoms with Crippen molar-refractivity contribution in [1.29, 1.82) is 0 Å². The summed E-state index contributed by atoms with van der Waals surface area (Å²) in [6, 6.07) is 60.9. The molecule has 222 valence electrons. The lowest BCUT2D eigenvalue weighted by molar-refractivity contribution is 0.699. The molecule has 0 fully saturated rings. The zero-order valence-electron chi connectivity index (χ0n) is 25.9. The summed E-state index contributed by atoms with van der Waals surface area (Å²) >= 11 is 3.93. The van der Waals surface area contributed by atoms with E-state index in [0.29, 0.717) is 0 Å². The van der Waals surface area contributed by atoms with Crippen LogP contribution in [0.2, 0.25) is 0 Å². The van der Waals surface area contributed by atoms with Gasteiger partial charge in [0.05, 0.1) is 16.8 Å². The van der Waals surface area contributed by atoms with Gasteiger partial charge in [-0.1, -0.05) is 143 Å². The van der Waals surface area contributed by atoms with E-state index in [4.69, 9.17) is 0 Å². The van der Waals surface area contributed by atoms with Gasteiger partial charge in [0.1, 0.15) is 0 Å². The van der Waals surface area contributed by atoms with Crippen LogP contribution in [0.1, 0.15) is 45.9 Å². The highest BCUT2D eigenvalue weighted by molar-refractivity contribution is 9.10. The van der Waals surface area contributed by atoms with E-state index in [9.17, 15) is 0 Å². The van der Waals surface area contributed by atoms with E-state index in [0.717, 1.165) is 10.2 Å². The molecule has 1 atom stereocenters. The minimum Gasteiger partial charge on any atom is -0.310 e. The van der Waals surface area contributed by atoms with Crippen LogP contribution >= 0.6 is 15.9 Å². The molecule has 0 amide bonds. The second-order valence-corrected chi connectivity index (χ2v) is 14.0. The Balaban J connectivity index is 1.39. The molecule has 1 heterocycles. The summed E-state index contributed by atoms with van der Waals surface area (Å²) < 4.78 is 1.09. The maximum absolute atomic E-state index is 3.93. The van der Waals surface area contributed by atoms with E-state index >= 15 is 0 Å². The summed E-state index contributed by atoms with van der Waals surface area (Å²) in [6.45, 7) is 2.45. The van der Waals surface area contributed by atoms with Crippen LogP contribution in [0.25, 0.3) is 22.3 Å². The van der Waals surface area contributed by atoms with Crippen LogP contribution in [0.5, 0.6) is 0 Å². The van der Waals surface area contributed by atoms with Gasteiger partial charge >= 0.3 is 0 Å². The molecule has 3 aliphatic rings. The molecule has 0 aromatic heterocycles. The third-order valence-electron chi connectivity index (χ3n) is 10.9. The van der Waals surface area contributed by atoms with E-state index in [1.807, 2.05) is 0 Å². The average Bonchev–Trinajstić information content (AvgIpc) is 3.56. The average molecular weight is 665 g/mol. The van der Waals surface area contributed by atoms with E-state index < -0.39 is 5.41 Å². The van der Waals surface area contributed by atoms with Crippen molar-refractivity contribution in [2.75, 3.05) is 4.90 Å². The summed E-state index contributed by atoms with van der Waals surface area (Å²) in [5.74, 6) is 0. The summed E-state index contributed by atoms with van der Waals surface area (Å²) in [7, 11) is 0. The molecule has 0 saturated heterocycles. The molecule has 47 heavy (non-hydrogen) atoms. The van der Waals surface area contributed by atoms with E-state index in [1.165, 1.54) is 72.6 Å². The van der Waals surface area contributed by atoms with Crippen molar-refractivity contribution in [3.05, 3.63) is 207 Å². The largest absolute Gasteiger partial charge is 0.310 e. The first-order valence-electron chi connectivity index (χ1n) is 16.3. The van der Waals surface area contributed by atoms with Crippen LogP contribution in [0.3, 0.4) is 0 Å². The standard InChI is InChI=1S/C45H30BrN/c1-44-37-23-13-11-22-34(37)36-25-31(46)26-42(43(36)44)47(32-19-9-4-10-20-32)41-28-39-35(27-40(41)44)33-21-12-14-24-38(33)45(39,29-15-5-2-6-16-29)30-17-7-3-8-18-30/h2-28H,1H3. The third-order valence-corrected chi connectivity index (χ3v) is 11.4. The summed E-state index contributed by atoms with van der Waals surface area (Å²) in [6.07, 6.45) is 0. The topological polar surface area (TPSA) is 3.24 Å². The van der Waals surface area contributed by atoms with Gasteiger partial charge < -0.3 is 4.90 Å². The zero-order valence-corrected chi connectivity index (χ0v) is 27.5. The van der Waals surface area contributed by atoms with Gasteiger partial charge in [-0.05, 0) is 105 Å². The molecular weight excluding hydrogens is 634 g/mol. The minimum absolute atomic E-state index is 0.322. The van der Waals surface area contributed by atoms with Crippen molar-refractivity contribution in [2.45, 2.75) is 17.8 Å². The highest BCUT2D eigenvalue weighted by Gasteiger charge is 2.52. The summed E-state index contributed by atoms with van der Waals surface area (Å²) in [5, 5.41) is 0. The Hall–Kier alpha value is -5.18. The SMILES string of the molecule is CC12c3ccccc3-c3cc(Br)cc(c31)N(c1ccccc1)c1cc3c(cc12)-c1ccccc1C3(c1ccccc1)c1ccccc1. The molecule has 7 aromatic carbocycles. The number of hydrogen-bond donors (Lipinski definition) is 0. The normalized spacial score (nSPS) is 17.4. The molecule has 0 N–H and O–H groups in total. The van der Waals surface area contributed by atoms with Gasteiger partial charge in [-0.15, -0.1) is 0 Å². The van der Waals surface area contributed by atoms with E-state index in [1.54, 1.807) is 0 Å². The molecule has 0 bridgehead atoms. The molecule has 0 radical (unpaired) electrons. The Labute approximate surface area is 283 Å². The van der Waals surface area contributed by atoms with Gasteiger partial charge in [-0.2, -0.15) is 0 Å². The number of nitrogens with zero attached hydrogens (tertiary/aromatic N) is 1. The van der Waals surface area contributed by atoms with Crippen molar-refractivity contribution in [1.82, 2.24) is 0 Å². The van der Waals surface area contributed by atoms with Crippen molar-refractivity contribution in [3.8, 4) is 22.3 Å². The molecule has 7 aromatic rings.